The Bertz CT molecular complexity index is 1510. The number of fused-ring (bicyclic) bond motifs is 3. The molecule has 1 saturated heterocycles. The summed E-state index contributed by atoms with van der Waals surface area (Å²) < 4.78 is 16.9. The summed E-state index contributed by atoms with van der Waals surface area (Å²) in [6.45, 7) is 3.19. The molecule has 0 spiro atoms. The molecule has 0 bridgehead atoms. The SMILES string of the molecule is CC1Sc2c(C(=O)O)c(=O)c3cc(F)c(N4CCN(C(=O)c5cnc(NC(N)C(=N)N)[nH]5)CC4)cc3n21. The van der Waals surface area contributed by atoms with Gasteiger partial charge in [-0.3, -0.25) is 15.0 Å². The largest absolute Gasteiger partial charge is 0.477 e. The minimum Gasteiger partial charge on any atom is -0.477 e. The van der Waals surface area contributed by atoms with Crippen molar-refractivity contribution in [3.05, 3.63) is 45.6 Å². The van der Waals surface area contributed by atoms with E-state index >= 15 is 4.39 Å². The predicted octanol–water partition coefficient (Wildman–Crippen LogP) is 0.781. The second-order valence-electron chi connectivity index (χ2n) is 8.72. The first-order valence-electron chi connectivity index (χ1n) is 11.3. The molecule has 2 aliphatic heterocycles. The number of hydrogen-bond acceptors (Lipinski definition) is 9. The monoisotopic (exact) mass is 529 g/mol. The van der Waals surface area contributed by atoms with Gasteiger partial charge in [0.25, 0.3) is 5.91 Å². The number of amides is 1. The van der Waals surface area contributed by atoms with Gasteiger partial charge in [0, 0.05) is 31.6 Å². The van der Waals surface area contributed by atoms with Crippen LogP contribution in [0.4, 0.5) is 16.0 Å². The number of H-pyrrole nitrogens is 1. The van der Waals surface area contributed by atoms with Crippen LogP contribution in [0.5, 0.6) is 0 Å². The maximum Gasteiger partial charge on any atom is 0.342 e. The number of carbonyl (C=O) groups is 2. The topological polar surface area (TPSA) is 199 Å². The van der Waals surface area contributed by atoms with Crippen molar-refractivity contribution in [2.75, 3.05) is 36.4 Å². The summed E-state index contributed by atoms with van der Waals surface area (Å²) >= 11 is 1.29. The van der Waals surface area contributed by atoms with Crippen molar-refractivity contribution in [1.82, 2.24) is 19.4 Å². The van der Waals surface area contributed by atoms with E-state index in [2.05, 4.69) is 15.3 Å². The minimum absolute atomic E-state index is 0.0245. The van der Waals surface area contributed by atoms with Crippen molar-refractivity contribution in [2.45, 2.75) is 23.5 Å². The zero-order chi connectivity index (χ0) is 26.6. The number of hydrogen-bond donors (Lipinski definition) is 6. The molecule has 194 valence electrons. The van der Waals surface area contributed by atoms with Gasteiger partial charge < -0.3 is 41.2 Å². The molecular weight excluding hydrogens is 505 g/mol. The summed E-state index contributed by atoms with van der Waals surface area (Å²) in [5, 5.41) is 19.8. The number of carboxylic acid groups (broad SMARTS) is 1. The molecule has 15 heteroatoms. The van der Waals surface area contributed by atoms with Gasteiger partial charge in [0.05, 0.1) is 27.8 Å². The fourth-order valence-corrected chi connectivity index (χ4v) is 5.67. The highest BCUT2D eigenvalue weighted by molar-refractivity contribution is 8.00. The van der Waals surface area contributed by atoms with Gasteiger partial charge in [-0.25, -0.2) is 14.2 Å². The standard InChI is InChI=1S/C22H24FN9O4S/c1-9-32-13-7-14(11(23)6-10(13)16(33)15(21(35)36)20(32)37-9)30-2-4-31(5-3-30)19(34)12-8-27-22(28-12)29-18(26)17(24)25/h6-9,18H,2-5,26H2,1H3,(H3,24,25)(H,35,36)(H2,27,28,29). The number of anilines is 2. The first kappa shape index (κ1) is 24.6. The number of imidazole rings is 1. The summed E-state index contributed by atoms with van der Waals surface area (Å²) in [5.41, 5.74) is 10.9. The van der Waals surface area contributed by atoms with E-state index in [0.717, 1.165) is 6.07 Å². The van der Waals surface area contributed by atoms with Gasteiger partial charge in [-0.1, -0.05) is 11.8 Å². The van der Waals surface area contributed by atoms with E-state index in [4.69, 9.17) is 16.9 Å². The number of carbonyl (C=O) groups excluding carboxylic acids is 1. The number of pyridine rings is 1. The van der Waals surface area contributed by atoms with E-state index in [0.29, 0.717) is 36.7 Å². The van der Waals surface area contributed by atoms with Crippen LogP contribution in [0.2, 0.25) is 0 Å². The van der Waals surface area contributed by atoms with Crippen LogP contribution in [0.25, 0.3) is 10.9 Å². The lowest BCUT2D eigenvalue weighted by atomic mass is 10.1. The number of aromatic amines is 1. The summed E-state index contributed by atoms with van der Waals surface area (Å²) in [5.74, 6) is -2.34. The normalized spacial score (nSPS) is 17.8. The molecule has 2 aliphatic rings. The van der Waals surface area contributed by atoms with Crippen molar-refractivity contribution >= 4 is 52.0 Å². The molecule has 4 heterocycles. The third kappa shape index (κ3) is 4.15. The number of thioether (sulfide) groups is 1. The molecule has 1 amide bonds. The van der Waals surface area contributed by atoms with Crippen LogP contribution in [0.15, 0.2) is 28.2 Å². The number of nitrogens with one attached hydrogen (secondary N) is 3. The van der Waals surface area contributed by atoms with Gasteiger partial charge in [-0.2, -0.15) is 0 Å². The van der Waals surface area contributed by atoms with E-state index in [1.807, 2.05) is 6.92 Å². The van der Waals surface area contributed by atoms with Crippen molar-refractivity contribution in [1.29, 1.82) is 5.41 Å². The smallest absolute Gasteiger partial charge is 0.342 e. The van der Waals surface area contributed by atoms with Crippen molar-refractivity contribution < 1.29 is 19.1 Å². The lowest BCUT2D eigenvalue weighted by Gasteiger charge is -2.37. The number of nitrogens with two attached hydrogens (primary N) is 2. The third-order valence-electron chi connectivity index (χ3n) is 6.43. The Morgan fingerprint density at radius 1 is 1.32 bits per heavy atom. The van der Waals surface area contributed by atoms with Gasteiger partial charge in [-0.15, -0.1) is 0 Å². The number of piperazine rings is 1. The van der Waals surface area contributed by atoms with E-state index in [1.54, 1.807) is 20.4 Å². The van der Waals surface area contributed by atoms with Gasteiger partial charge in [0.1, 0.15) is 29.1 Å². The van der Waals surface area contributed by atoms with Crippen LogP contribution in [-0.2, 0) is 0 Å². The number of aromatic nitrogens is 3. The van der Waals surface area contributed by atoms with Crippen LogP contribution in [-0.4, -0.2) is 74.6 Å². The predicted molar refractivity (Wildman–Crippen MR) is 136 cm³/mol. The maximum atomic E-state index is 15.2. The highest BCUT2D eigenvalue weighted by Crippen LogP contribution is 2.46. The molecule has 0 aliphatic carbocycles. The molecule has 37 heavy (non-hydrogen) atoms. The quantitative estimate of drug-likeness (QED) is 0.151. The average molecular weight is 530 g/mol. The molecule has 2 aromatic heterocycles. The summed E-state index contributed by atoms with van der Waals surface area (Å²) in [6, 6.07) is 2.69. The molecule has 1 fully saturated rings. The first-order chi connectivity index (χ1) is 17.6. The first-order valence-corrected chi connectivity index (χ1v) is 12.2. The number of rotatable bonds is 6. The Balaban J connectivity index is 1.35. The lowest BCUT2D eigenvalue weighted by molar-refractivity contribution is 0.0688. The van der Waals surface area contributed by atoms with Gasteiger partial charge in [0.15, 0.2) is 0 Å². The van der Waals surface area contributed by atoms with E-state index in [1.165, 1.54) is 18.0 Å². The van der Waals surface area contributed by atoms with Crippen molar-refractivity contribution in [3.8, 4) is 0 Å². The zero-order valence-electron chi connectivity index (χ0n) is 19.6. The van der Waals surface area contributed by atoms with Gasteiger partial charge in [0.2, 0.25) is 11.4 Å². The molecular formula is C22H24FN9O4S. The third-order valence-corrected chi connectivity index (χ3v) is 7.61. The molecule has 13 nitrogen and oxygen atoms in total. The van der Waals surface area contributed by atoms with E-state index in [9.17, 15) is 19.5 Å². The number of carboxylic acids is 1. The molecule has 8 N–H and O–H groups in total. The molecule has 1 aromatic carbocycles. The Morgan fingerprint density at radius 3 is 2.65 bits per heavy atom. The number of aromatic carboxylic acids is 1. The van der Waals surface area contributed by atoms with Crippen LogP contribution < -0.4 is 27.1 Å². The molecule has 2 atom stereocenters. The molecule has 5 rings (SSSR count). The number of nitrogens with zero attached hydrogens (tertiary/aromatic N) is 4. The van der Waals surface area contributed by atoms with Gasteiger partial charge >= 0.3 is 5.97 Å². The fraction of sp³-hybridized carbons (Fsp3) is 0.318. The second-order valence-corrected chi connectivity index (χ2v) is 10.0. The molecule has 0 saturated carbocycles. The Hall–Kier alpha value is -4.11. The van der Waals surface area contributed by atoms with Crippen LogP contribution in [0.1, 0.15) is 33.1 Å². The zero-order valence-corrected chi connectivity index (χ0v) is 20.4. The lowest BCUT2D eigenvalue weighted by Crippen LogP contribution is -2.49. The average Bonchev–Trinajstić information content (AvgIpc) is 3.31. The molecule has 2 unspecified atom stereocenters. The Morgan fingerprint density at radius 2 is 2.03 bits per heavy atom. The Labute approximate surface area is 213 Å². The second kappa shape index (κ2) is 9.08. The van der Waals surface area contributed by atoms with E-state index < -0.39 is 23.4 Å². The summed E-state index contributed by atoms with van der Waals surface area (Å²) in [7, 11) is 0. The molecule has 3 aromatic rings. The highest BCUT2D eigenvalue weighted by Gasteiger charge is 2.34. The van der Waals surface area contributed by atoms with Crippen molar-refractivity contribution in [2.24, 2.45) is 11.5 Å². The number of amidine groups is 1. The van der Waals surface area contributed by atoms with Crippen LogP contribution >= 0.6 is 11.8 Å². The minimum atomic E-state index is -1.33. The van der Waals surface area contributed by atoms with Gasteiger partial charge in [-0.05, 0) is 19.1 Å². The van der Waals surface area contributed by atoms with Crippen LogP contribution in [0.3, 0.4) is 0 Å². The molecule has 0 radical (unpaired) electrons. The van der Waals surface area contributed by atoms with Crippen molar-refractivity contribution in [3.63, 3.8) is 0 Å². The fourth-order valence-electron chi connectivity index (χ4n) is 4.52. The van der Waals surface area contributed by atoms with Crippen LogP contribution in [0, 0.1) is 11.2 Å². The number of halogens is 1. The Kier molecular flexibility index (Phi) is 6.03. The van der Waals surface area contributed by atoms with E-state index in [-0.39, 0.29) is 45.4 Å². The highest BCUT2D eigenvalue weighted by atomic mass is 32.2. The summed E-state index contributed by atoms with van der Waals surface area (Å²) in [6.07, 6.45) is 0.409. The summed E-state index contributed by atoms with van der Waals surface area (Å²) in [4.78, 5) is 47.6. The maximum absolute atomic E-state index is 15.2. The number of benzene rings is 1.